The minimum absolute atomic E-state index is 0.618. The van der Waals surface area contributed by atoms with Gasteiger partial charge in [-0.05, 0) is 6.07 Å². The lowest BCUT2D eigenvalue weighted by molar-refractivity contribution is 0.869. The van der Waals surface area contributed by atoms with E-state index in [9.17, 15) is 0 Å². The number of pyridine rings is 1. The molecule has 0 saturated heterocycles. The van der Waals surface area contributed by atoms with Crippen molar-refractivity contribution in [3.63, 3.8) is 0 Å². The van der Waals surface area contributed by atoms with Gasteiger partial charge in [0.2, 0.25) is 0 Å². The van der Waals surface area contributed by atoms with Crippen LogP contribution in [0.3, 0.4) is 0 Å². The summed E-state index contributed by atoms with van der Waals surface area (Å²) in [4.78, 5) is 6.12. The molecule has 0 aliphatic heterocycles. The summed E-state index contributed by atoms with van der Waals surface area (Å²) in [6, 6.07) is 3.59. The maximum Gasteiger partial charge on any atom is 0.130 e. The largest absolute Gasteiger partial charge is 0.399 e. The summed E-state index contributed by atoms with van der Waals surface area (Å²) < 4.78 is 0. The second-order valence-corrected chi connectivity index (χ2v) is 2.66. The normalized spacial score (nSPS) is 9.83. The number of hydrogen-bond acceptors (Lipinski definition) is 4. The van der Waals surface area contributed by atoms with Crippen molar-refractivity contribution in [2.24, 2.45) is 5.73 Å². The molecule has 0 bridgehead atoms. The molecule has 0 fully saturated rings. The molecular weight excluding hydrogens is 152 g/mol. The Morgan fingerprint density at radius 2 is 2.33 bits per heavy atom. The summed E-state index contributed by atoms with van der Waals surface area (Å²) in [6.07, 6.45) is 1.69. The summed E-state index contributed by atoms with van der Waals surface area (Å²) in [5, 5.41) is 0. The minimum atomic E-state index is 0.618. The van der Waals surface area contributed by atoms with E-state index in [0.717, 1.165) is 18.1 Å². The second kappa shape index (κ2) is 3.92. The van der Waals surface area contributed by atoms with Crippen LogP contribution in [0, 0.1) is 0 Å². The standard InChI is InChI=1S/C8H14N4/c1-12(5-3-9)8-6-7(10)2-4-11-8/h2,4,6H,3,5,9H2,1H3,(H2,10,11). The first-order valence-corrected chi connectivity index (χ1v) is 3.87. The zero-order valence-corrected chi connectivity index (χ0v) is 7.20. The van der Waals surface area contributed by atoms with Crippen LogP contribution in [0.2, 0.25) is 0 Å². The first-order chi connectivity index (χ1) is 5.74. The van der Waals surface area contributed by atoms with E-state index in [4.69, 9.17) is 11.5 Å². The second-order valence-electron chi connectivity index (χ2n) is 2.66. The Morgan fingerprint density at radius 3 is 2.92 bits per heavy atom. The van der Waals surface area contributed by atoms with Gasteiger partial charge in [-0.2, -0.15) is 0 Å². The van der Waals surface area contributed by atoms with E-state index in [1.165, 1.54) is 0 Å². The van der Waals surface area contributed by atoms with Crippen molar-refractivity contribution in [2.75, 3.05) is 30.8 Å². The number of nitrogens with two attached hydrogens (primary N) is 2. The lowest BCUT2D eigenvalue weighted by Gasteiger charge is -2.16. The molecule has 1 aromatic rings. The molecule has 0 unspecified atom stereocenters. The van der Waals surface area contributed by atoms with Crippen molar-refractivity contribution in [1.82, 2.24) is 4.98 Å². The summed E-state index contributed by atoms with van der Waals surface area (Å²) in [5.74, 6) is 0.862. The molecule has 0 radical (unpaired) electrons. The van der Waals surface area contributed by atoms with Crippen LogP contribution in [-0.2, 0) is 0 Å². The van der Waals surface area contributed by atoms with Crippen LogP contribution in [0.1, 0.15) is 0 Å². The molecule has 0 amide bonds. The maximum absolute atomic E-state index is 5.59. The van der Waals surface area contributed by atoms with Gasteiger partial charge < -0.3 is 16.4 Å². The lowest BCUT2D eigenvalue weighted by atomic mass is 10.4. The topological polar surface area (TPSA) is 68.2 Å². The highest BCUT2D eigenvalue weighted by Gasteiger charge is 1.99. The quantitative estimate of drug-likeness (QED) is 0.666. The van der Waals surface area contributed by atoms with Crippen molar-refractivity contribution < 1.29 is 0 Å². The fourth-order valence-corrected chi connectivity index (χ4v) is 0.951. The van der Waals surface area contributed by atoms with Gasteiger partial charge in [0.05, 0.1) is 0 Å². The Hall–Kier alpha value is -1.29. The summed E-state index contributed by atoms with van der Waals surface area (Å²) in [6.45, 7) is 1.41. The van der Waals surface area contributed by atoms with Gasteiger partial charge in [0.1, 0.15) is 5.82 Å². The van der Waals surface area contributed by atoms with Crippen molar-refractivity contribution in [3.8, 4) is 0 Å². The molecule has 0 aromatic carbocycles. The van der Waals surface area contributed by atoms with E-state index >= 15 is 0 Å². The van der Waals surface area contributed by atoms with E-state index in [0.29, 0.717) is 6.54 Å². The number of nitrogens with zero attached hydrogens (tertiary/aromatic N) is 2. The lowest BCUT2D eigenvalue weighted by Crippen LogP contribution is -2.25. The number of anilines is 2. The molecule has 0 aliphatic carbocycles. The number of hydrogen-bond donors (Lipinski definition) is 2. The zero-order chi connectivity index (χ0) is 8.97. The molecule has 66 valence electrons. The summed E-state index contributed by atoms with van der Waals surface area (Å²) in [5.41, 5.74) is 11.7. The highest BCUT2D eigenvalue weighted by atomic mass is 15.2. The maximum atomic E-state index is 5.59. The first-order valence-electron chi connectivity index (χ1n) is 3.87. The van der Waals surface area contributed by atoms with Crippen LogP contribution in [0.5, 0.6) is 0 Å². The molecule has 1 rings (SSSR count). The molecule has 0 aliphatic rings. The van der Waals surface area contributed by atoms with Crippen LogP contribution in [0.25, 0.3) is 0 Å². The zero-order valence-electron chi connectivity index (χ0n) is 7.20. The molecule has 1 heterocycles. The van der Waals surface area contributed by atoms with Gasteiger partial charge in [-0.1, -0.05) is 0 Å². The third-order valence-corrected chi connectivity index (χ3v) is 1.63. The molecule has 4 N–H and O–H groups in total. The molecule has 0 atom stereocenters. The molecule has 12 heavy (non-hydrogen) atoms. The van der Waals surface area contributed by atoms with Crippen molar-refractivity contribution >= 4 is 11.5 Å². The number of aromatic nitrogens is 1. The van der Waals surface area contributed by atoms with Gasteiger partial charge in [-0.15, -0.1) is 0 Å². The fraction of sp³-hybridized carbons (Fsp3) is 0.375. The van der Waals surface area contributed by atoms with Gasteiger partial charge in [0.15, 0.2) is 0 Å². The summed E-state index contributed by atoms with van der Waals surface area (Å²) in [7, 11) is 1.94. The molecule has 0 spiro atoms. The Labute approximate surface area is 72.2 Å². The van der Waals surface area contributed by atoms with E-state index in [-0.39, 0.29) is 0 Å². The monoisotopic (exact) mass is 166 g/mol. The van der Waals surface area contributed by atoms with Crippen molar-refractivity contribution in [2.45, 2.75) is 0 Å². The SMILES string of the molecule is CN(CCN)c1cc(N)ccn1. The Kier molecular flexibility index (Phi) is 2.88. The van der Waals surface area contributed by atoms with E-state index < -0.39 is 0 Å². The predicted octanol–water partition coefficient (Wildman–Crippen LogP) is 0.0587. The van der Waals surface area contributed by atoms with E-state index in [1.54, 1.807) is 12.3 Å². The molecule has 1 aromatic heterocycles. The van der Waals surface area contributed by atoms with Crippen LogP contribution < -0.4 is 16.4 Å². The predicted molar refractivity (Wildman–Crippen MR) is 51.0 cm³/mol. The smallest absolute Gasteiger partial charge is 0.130 e. The average Bonchev–Trinajstić information content (AvgIpc) is 2.05. The number of nitrogen functional groups attached to an aromatic ring is 1. The fourth-order valence-electron chi connectivity index (χ4n) is 0.951. The van der Waals surface area contributed by atoms with Crippen LogP contribution in [-0.4, -0.2) is 25.1 Å². The van der Waals surface area contributed by atoms with E-state index in [2.05, 4.69) is 4.98 Å². The molecule has 4 nitrogen and oxygen atoms in total. The van der Waals surface area contributed by atoms with Crippen LogP contribution in [0.4, 0.5) is 11.5 Å². The molecular formula is C8H14N4. The minimum Gasteiger partial charge on any atom is -0.399 e. The number of rotatable bonds is 3. The molecule has 4 heteroatoms. The van der Waals surface area contributed by atoms with Gasteiger partial charge in [0, 0.05) is 38.1 Å². The Bertz CT molecular complexity index is 249. The summed E-state index contributed by atoms with van der Waals surface area (Å²) >= 11 is 0. The van der Waals surface area contributed by atoms with Crippen molar-refractivity contribution in [1.29, 1.82) is 0 Å². The average molecular weight is 166 g/mol. The highest BCUT2D eigenvalue weighted by Crippen LogP contribution is 2.11. The highest BCUT2D eigenvalue weighted by molar-refractivity contribution is 5.49. The van der Waals surface area contributed by atoms with Crippen LogP contribution in [0.15, 0.2) is 18.3 Å². The van der Waals surface area contributed by atoms with E-state index in [1.807, 2.05) is 18.0 Å². The van der Waals surface area contributed by atoms with Gasteiger partial charge in [0.25, 0.3) is 0 Å². The van der Waals surface area contributed by atoms with Crippen molar-refractivity contribution in [3.05, 3.63) is 18.3 Å². The Balaban J connectivity index is 2.73. The molecule has 0 saturated carbocycles. The first kappa shape index (κ1) is 8.80. The third-order valence-electron chi connectivity index (χ3n) is 1.63. The number of likely N-dealkylation sites (N-methyl/N-ethyl adjacent to an activating group) is 1. The third kappa shape index (κ3) is 2.10. The van der Waals surface area contributed by atoms with Gasteiger partial charge >= 0.3 is 0 Å². The Morgan fingerprint density at radius 1 is 1.58 bits per heavy atom. The van der Waals surface area contributed by atoms with Gasteiger partial charge in [-0.25, -0.2) is 4.98 Å². The van der Waals surface area contributed by atoms with Crippen LogP contribution >= 0.6 is 0 Å². The van der Waals surface area contributed by atoms with Gasteiger partial charge in [-0.3, -0.25) is 0 Å².